The van der Waals surface area contributed by atoms with E-state index in [-0.39, 0.29) is 42.0 Å². The number of rotatable bonds is 9. The van der Waals surface area contributed by atoms with E-state index < -0.39 is 5.60 Å². The van der Waals surface area contributed by atoms with Crippen LogP contribution in [-0.2, 0) is 4.74 Å². The second-order valence-corrected chi connectivity index (χ2v) is 9.54. The second kappa shape index (κ2) is 13.9. The molecule has 1 amide bonds. The van der Waals surface area contributed by atoms with E-state index in [4.69, 9.17) is 14.3 Å². The van der Waals surface area contributed by atoms with Gasteiger partial charge in [0.05, 0.1) is 5.69 Å². The number of nitrogens with zero attached hydrogens (tertiary/aromatic N) is 3. The highest BCUT2D eigenvalue weighted by Gasteiger charge is 2.22. The van der Waals surface area contributed by atoms with Gasteiger partial charge in [-0.3, -0.25) is 4.99 Å². The monoisotopic (exact) mass is 565 g/mol. The fourth-order valence-electron chi connectivity index (χ4n) is 3.45. The summed E-state index contributed by atoms with van der Waals surface area (Å²) < 4.78 is 10.7. The number of aryl methyl sites for hydroxylation is 2. The van der Waals surface area contributed by atoms with Gasteiger partial charge in [0.15, 0.2) is 5.96 Å². The minimum Gasteiger partial charge on any atom is -0.444 e. The van der Waals surface area contributed by atoms with Gasteiger partial charge in [0.1, 0.15) is 11.4 Å². The molecule has 0 fully saturated rings. The predicted octanol–water partition coefficient (Wildman–Crippen LogP) is 4.85. The average molecular weight is 566 g/mol. The zero-order valence-corrected chi connectivity index (χ0v) is 23.9. The fraction of sp³-hybridized carbons (Fsp3) is 0.783. The van der Waals surface area contributed by atoms with Crippen LogP contribution in [0.1, 0.15) is 77.8 Å². The lowest BCUT2D eigenvalue weighted by Crippen LogP contribution is -2.45. The maximum Gasteiger partial charge on any atom is 0.407 e. The minimum absolute atomic E-state index is 0. The number of alkyl carbamates (subject to hydrolysis) is 1. The average Bonchev–Trinajstić information content (AvgIpc) is 2.98. The molecule has 0 aliphatic carbocycles. The van der Waals surface area contributed by atoms with Gasteiger partial charge in [0.2, 0.25) is 0 Å². The molecular formula is C23H44IN5O3. The van der Waals surface area contributed by atoms with Crippen LogP contribution in [0, 0.1) is 19.8 Å². The number of halogens is 1. The second-order valence-electron chi connectivity index (χ2n) is 9.54. The Morgan fingerprint density at radius 3 is 2.34 bits per heavy atom. The topological polar surface area (TPSA) is 92.0 Å². The van der Waals surface area contributed by atoms with Gasteiger partial charge >= 0.3 is 6.09 Å². The first kappa shape index (κ1) is 30.5. The van der Waals surface area contributed by atoms with Gasteiger partial charge in [-0.15, -0.1) is 24.0 Å². The number of aliphatic imine (C=N–C) groups is 1. The first-order valence-electron chi connectivity index (χ1n) is 11.3. The van der Waals surface area contributed by atoms with E-state index >= 15 is 0 Å². The van der Waals surface area contributed by atoms with Gasteiger partial charge in [-0.2, -0.15) is 0 Å². The zero-order valence-electron chi connectivity index (χ0n) is 21.5. The standard InChI is InChI=1S/C23H43N5O3.HI/c1-11-24-21(25-14-16(4)20-17(5)27-31-18(20)6)28(10)13-12-19(15(2)3)26-22(29)30-23(7,8)9;/h15-16,19H,11-14H2,1-10H3,(H,24,25)(H,26,29);1H. The molecule has 2 unspecified atom stereocenters. The molecule has 0 spiro atoms. The molecular weight excluding hydrogens is 521 g/mol. The van der Waals surface area contributed by atoms with Crippen LogP contribution in [0.15, 0.2) is 9.52 Å². The van der Waals surface area contributed by atoms with Crippen molar-refractivity contribution >= 4 is 36.0 Å². The van der Waals surface area contributed by atoms with Gasteiger partial charge in [-0.05, 0) is 53.9 Å². The van der Waals surface area contributed by atoms with Crippen LogP contribution in [0.2, 0.25) is 0 Å². The minimum atomic E-state index is -0.509. The zero-order chi connectivity index (χ0) is 23.8. The Labute approximate surface area is 211 Å². The summed E-state index contributed by atoms with van der Waals surface area (Å²) in [7, 11) is 2.02. The van der Waals surface area contributed by atoms with E-state index in [9.17, 15) is 4.79 Å². The van der Waals surface area contributed by atoms with Crippen LogP contribution in [0.25, 0.3) is 0 Å². The van der Waals surface area contributed by atoms with Crippen LogP contribution < -0.4 is 10.6 Å². The lowest BCUT2D eigenvalue weighted by molar-refractivity contribution is 0.0486. The third-order valence-electron chi connectivity index (χ3n) is 5.08. The van der Waals surface area contributed by atoms with Crippen LogP contribution in [0.5, 0.6) is 0 Å². The van der Waals surface area contributed by atoms with Crippen molar-refractivity contribution < 1.29 is 14.1 Å². The number of hydrogen-bond donors (Lipinski definition) is 2. The predicted molar refractivity (Wildman–Crippen MR) is 141 cm³/mol. The highest BCUT2D eigenvalue weighted by molar-refractivity contribution is 14.0. The molecule has 0 bridgehead atoms. The molecule has 1 aromatic heterocycles. The number of hydrogen-bond acceptors (Lipinski definition) is 5. The summed E-state index contributed by atoms with van der Waals surface area (Å²) in [5, 5.41) is 10.4. The molecule has 32 heavy (non-hydrogen) atoms. The van der Waals surface area contributed by atoms with Gasteiger partial charge in [-0.25, -0.2) is 4.79 Å². The number of guanidine groups is 1. The van der Waals surface area contributed by atoms with E-state index in [0.717, 1.165) is 42.5 Å². The number of ether oxygens (including phenoxy) is 1. The molecule has 2 N–H and O–H groups in total. The van der Waals surface area contributed by atoms with Gasteiger partial charge < -0.3 is 24.8 Å². The fourth-order valence-corrected chi connectivity index (χ4v) is 3.45. The van der Waals surface area contributed by atoms with E-state index in [1.807, 2.05) is 41.7 Å². The van der Waals surface area contributed by atoms with Crippen LogP contribution in [0.4, 0.5) is 4.79 Å². The van der Waals surface area contributed by atoms with Crippen molar-refractivity contribution in [1.29, 1.82) is 0 Å². The number of nitrogens with one attached hydrogen (secondary N) is 2. The molecule has 2 atom stereocenters. The third kappa shape index (κ3) is 10.4. The maximum absolute atomic E-state index is 12.2. The summed E-state index contributed by atoms with van der Waals surface area (Å²) in [5.41, 5.74) is 1.54. The van der Waals surface area contributed by atoms with Crippen molar-refractivity contribution in [2.24, 2.45) is 10.9 Å². The molecule has 1 aromatic rings. The summed E-state index contributed by atoms with van der Waals surface area (Å²) in [4.78, 5) is 19.1. The van der Waals surface area contributed by atoms with E-state index in [2.05, 4.69) is 48.4 Å². The largest absolute Gasteiger partial charge is 0.444 e. The normalized spacial score (nSPS) is 13.9. The number of amides is 1. The van der Waals surface area contributed by atoms with Crippen molar-refractivity contribution in [3.8, 4) is 0 Å². The van der Waals surface area contributed by atoms with Gasteiger partial charge in [0, 0.05) is 44.2 Å². The van der Waals surface area contributed by atoms with Crippen LogP contribution in [-0.4, -0.2) is 60.4 Å². The van der Waals surface area contributed by atoms with E-state index in [1.165, 1.54) is 0 Å². The molecule has 186 valence electrons. The molecule has 0 aliphatic heterocycles. The lowest BCUT2D eigenvalue weighted by Gasteiger charge is -2.28. The lowest BCUT2D eigenvalue weighted by atomic mass is 10.00. The van der Waals surface area contributed by atoms with Gasteiger partial charge in [-0.1, -0.05) is 25.9 Å². The van der Waals surface area contributed by atoms with Gasteiger partial charge in [0.25, 0.3) is 0 Å². The van der Waals surface area contributed by atoms with Crippen LogP contribution >= 0.6 is 24.0 Å². The van der Waals surface area contributed by atoms with Crippen molar-refractivity contribution in [2.75, 3.05) is 26.7 Å². The van der Waals surface area contributed by atoms with Crippen molar-refractivity contribution in [3.05, 3.63) is 17.0 Å². The smallest absolute Gasteiger partial charge is 0.407 e. The summed E-state index contributed by atoms with van der Waals surface area (Å²) in [6.45, 7) is 20.1. The van der Waals surface area contributed by atoms with E-state index in [0.29, 0.717) is 12.5 Å². The molecule has 0 saturated carbocycles. The molecule has 9 heteroatoms. The Balaban J connectivity index is 0.00000961. The Morgan fingerprint density at radius 1 is 1.25 bits per heavy atom. The summed E-state index contributed by atoms with van der Waals surface area (Å²) in [6.07, 6.45) is 0.416. The SMILES string of the molecule is CCNC(=NCC(C)c1c(C)noc1C)N(C)CCC(NC(=O)OC(C)(C)C)C(C)C.I. The van der Waals surface area contributed by atoms with Crippen molar-refractivity contribution in [2.45, 2.75) is 86.3 Å². The molecule has 8 nitrogen and oxygen atoms in total. The van der Waals surface area contributed by atoms with E-state index in [1.54, 1.807) is 0 Å². The highest BCUT2D eigenvalue weighted by atomic mass is 127. The van der Waals surface area contributed by atoms with Crippen LogP contribution in [0.3, 0.4) is 0 Å². The molecule has 0 radical (unpaired) electrons. The Kier molecular flexibility index (Phi) is 13.2. The summed E-state index contributed by atoms with van der Waals surface area (Å²) in [6, 6.07) is 0.0152. The summed E-state index contributed by atoms with van der Waals surface area (Å²) >= 11 is 0. The highest BCUT2D eigenvalue weighted by Crippen LogP contribution is 2.23. The first-order valence-corrected chi connectivity index (χ1v) is 11.3. The van der Waals surface area contributed by atoms with Crippen molar-refractivity contribution in [1.82, 2.24) is 20.7 Å². The molecule has 1 rings (SSSR count). The Hall–Kier alpha value is -1.52. The van der Waals surface area contributed by atoms with Crippen molar-refractivity contribution in [3.63, 3.8) is 0 Å². The summed E-state index contributed by atoms with van der Waals surface area (Å²) in [5.74, 6) is 2.21. The third-order valence-corrected chi connectivity index (χ3v) is 5.08. The number of carbonyl (C=O) groups is 1. The number of aromatic nitrogens is 1. The Bertz CT molecular complexity index is 708. The number of carbonyl (C=O) groups excluding carboxylic acids is 1. The first-order chi connectivity index (χ1) is 14.4. The molecule has 0 saturated heterocycles. The molecule has 0 aliphatic rings. The molecule has 0 aromatic carbocycles. The Morgan fingerprint density at radius 2 is 1.88 bits per heavy atom. The quantitative estimate of drug-likeness (QED) is 0.253. The molecule has 1 heterocycles. The maximum atomic E-state index is 12.2.